The summed E-state index contributed by atoms with van der Waals surface area (Å²) in [6.07, 6.45) is 7.71. The predicted molar refractivity (Wildman–Crippen MR) is 105 cm³/mol. The van der Waals surface area contributed by atoms with Crippen LogP contribution in [0.2, 0.25) is 0 Å². The lowest BCUT2D eigenvalue weighted by Crippen LogP contribution is -2.52. The minimum atomic E-state index is 0.0711. The molecule has 3 aliphatic rings. The normalized spacial score (nSPS) is 22.4. The summed E-state index contributed by atoms with van der Waals surface area (Å²) in [5.41, 5.74) is 2.89. The van der Waals surface area contributed by atoms with Gasteiger partial charge in [-0.3, -0.25) is 4.90 Å². The average molecular weight is 359 g/mol. The van der Waals surface area contributed by atoms with E-state index in [1.165, 1.54) is 56.3 Å². The van der Waals surface area contributed by atoms with Gasteiger partial charge in [-0.15, -0.1) is 0 Å². The first-order chi connectivity index (χ1) is 12.7. The molecule has 26 heavy (non-hydrogen) atoms. The molecule has 0 aromatic heterocycles. The van der Waals surface area contributed by atoms with Crippen molar-refractivity contribution in [1.82, 2.24) is 9.80 Å². The molecule has 0 radical (unpaired) electrons. The molecule has 0 unspecified atom stereocenters. The number of fused-ring (bicyclic) bond motifs is 1. The van der Waals surface area contributed by atoms with E-state index in [0.717, 1.165) is 44.5 Å². The molecule has 1 saturated carbocycles. The Labute approximate surface area is 158 Å². The van der Waals surface area contributed by atoms with Crippen molar-refractivity contribution in [2.75, 3.05) is 39.9 Å². The van der Waals surface area contributed by atoms with Crippen molar-refractivity contribution in [2.45, 2.75) is 63.6 Å². The highest BCUT2D eigenvalue weighted by atomic mass is 16.5. The average Bonchev–Trinajstić information content (AvgIpc) is 2.96. The van der Waals surface area contributed by atoms with Gasteiger partial charge in [-0.1, -0.05) is 25.5 Å². The van der Waals surface area contributed by atoms with Crippen LogP contribution in [0, 0.1) is 0 Å². The van der Waals surface area contributed by atoms with Crippen LogP contribution in [0.25, 0.3) is 0 Å². The molecule has 2 fully saturated rings. The molecule has 0 bridgehead atoms. The largest absolute Gasteiger partial charge is 0.487 e. The van der Waals surface area contributed by atoms with Crippen LogP contribution in [-0.4, -0.2) is 61.3 Å². The number of likely N-dealkylation sites (N-methyl/N-ethyl adjacent to an activating group) is 1. The molecule has 4 rings (SSSR count). The van der Waals surface area contributed by atoms with Crippen LogP contribution < -0.4 is 4.74 Å². The van der Waals surface area contributed by atoms with Gasteiger partial charge in [0.2, 0.25) is 0 Å². The molecule has 4 heteroatoms. The zero-order valence-corrected chi connectivity index (χ0v) is 16.5. The molecule has 1 aliphatic carbocycles. The Morgan fingerprint density at radius 2 is 2.08 bits per heavy atom. The van der Waals surface area contributed by atoms with Crippen molar-refractivity contribution in [3.8, 4) is 5.75 Å². The molecule has 1 spiro atoms. The van der Waals surface area contributed by atoms with Crippen LogP contribution in [0.1, 0.15) is 50.2 Å². The van der Waals surface area contributed by atoms with Crippen molar-refractivity contribution in [1.29, 1.82) is 0 Å². The van der Waals surface area contributed by atoms with Crippen molar-refractivity contribution in [2.24, 2.45) is 0 Å². The van der Waals surface area contributed by atoms with Crippen molar-refractivity contribution in [3.63, 3.8) is 0 Å². The van der Waals surface area contributed by atoms with E-state index in [1.807, 2.05) is 0 Å². The quantitative estimate of drug-likeness (QED) is 0.745. The summed E-state index contributed by atoms with van der Waals surface area (Å²) in [5, 5.41) is 0. The number of ether oxygens (including phenoxy) is 2. The third kappa shape index (κ3) is 3.78. The van der Waals surface area contributed by atoms with E-state index in [4.69, 9.17) is 9.47 Å². The van der Waals surface area contributed by atoms with E-state index >= 15 is 0 Å². The second kappa shape index (κ2) is 7.87. The van der Waals surface area contributed by atoms with Crippen molar-refractivity contribution < 1.29 is 9.47 Å². The number of nitrogens with zero attached hydrogens (tertiary/aromatic N) is 2. The predicted octanol–water partition coefficient (Wildman–Crippen LogP) is 3.48. The van der Waals surface area contributed by atoms with E-state index in [-0.39, 0.29) is 5.60 Å². The highest BCUT2D eigenvalue weighted by Gasteiger charge is 2.43. The van der Waals surface area contributed by atoms with Gasteiger partial charge < -0.3 is 14.4 Å². The Morgan fingerprint density at radius 3 is 2.73 bits per heavy atom. The number of benzene rings is 1. The summed E-state index contributed by atoms with van der Waals surface area (Å²) in [7, 11) is 1.77. The minimum absolute atomic E-state index is 0.0711. The van der Waals surface area contributed by atoms with Gasteiger partial charge in [0.15, 0.2) is 0 Å². The Balaban J connectivity index is 1.37. The number of piperidine rings is 1. The highest BCUT2D eigenvalue weighted by molar-refractivity contribution is 5.42. The summed E-state index contributed by atoms with van der Waals surface area (Å²) in [4.78, 5) is 5.15. The Kier molecular flexibility index (Phi) is 5.53. The third-order valence-corrected chi connectivity index (χ3v) is 6.73. The highest BCUT2D eigenvalue weighted by Crippen LogP contribution is 2.42. The van der Waals surface area contributed by atoms with Crippen LogP contribution in [0.15, 0.2) is 18.2 Å². The van der Waals surface area contributed by atoms with Gasteiger partial charge in [-0.2, -0.15) is 0 Å². The topological polar surface area (TPSA) is 24.9 Å². The Bertz CT molecular complexity index is 606. The summed E-state index contributed by atoms with van der Waals surface area (Å²) in [5.74, 6) is 1.13. The molecule has 1 aromatic rings. The van der Waals surface area contributed by atoms with Crippen LogP contribution in [0.4, 0.5) is 0 Å². The number of hydrogen-bond donors (Lipinski definition) is 0. The maximum Gasteiger partial charge on any atom is 0.123 e. The first-order valence-corrected chi connectivity index (χ1v) is 10.5. The van der Waals surface area contributed by atoms with E-state index in [9.17, 15) is 0 Å². The van der Waals surface area contributed by atoms with Crippen LogP contribution in [0.5, 0.6) is 5.75 Å². The molecule has 2 heterocycles. The van der Waals surface area contributed by atoms with Gasteiger partial charge in [0, 0.05) is 58.6 Å². The lowest BCUT2D eigenvalue weighted by molar-refractivity contribution is -0.00746. The fourth-order valence-electron chi connectivity index (χ4n) is 4.74. The van der Waals surface area contributed by atoms with Crippen LogP contribution in [-0.2, 0) is 17.7 Å². The molecule has 0 atom stereocenters. The lowest BCUT2D eigenvalue weighted by Gasteiger charge is -2.45. The molecule has 2 aliphatic heterocycles. The molecule has 4 nitrogen and oxygen atoms in total. The molecule has 1 saturated heterocycles. The molecule has 144 valence electrons. The van der Waals surface area contributed by atoms with Gasteiger partial charge >= 0.3 is 0 Å². The first-order valence-electron chi connectivity index (χ1n) is 10.5. The zero-order valence-electron chi connectivity index (χ0n) is 16.5. The smallest absolute Gasteiger partial charge is 0.123 e. The lowest BCUT2D eigenvalue weighted by atomic mass is 9.83. The standard InChI is InChI=1S/C22H34N2O2/c1-3-23(13-14-25-2)17-18-7-8-21-19(15-18)16-22(26-21)9-11-24(12-10-22)20-5-4-6-20/h7-8,15,20H,3-6,9-14,16-17H2,1-2H3. The van der Waals surface area contributed by atoms with Crippen molar-refractivity contribution >= 4 is 0 Å². The monoisotopic (exact) mass is 358 g/mol. The van der Waals surface area contributed by atoms with Gasteiger partial charge in [-0.05, 0) is 36.6 Å². The minimum Gasteiger partial charge on any atom is -0.487 e. The summed E-state index contributed by atoms with van der Waals surface area (Å²) < 4.78 is 11.7. The first kappa shape index (κ1) is 18.3. The number of methoxy groups -OCH3 is 1. The van der Waals surface area contributed by atoms with E-state index in [2.05, 4.69) is 34.9 Å². The van der Waals surface area contributed by atoms with Crippen LogP contribution in [0.3, 0.4) is 0 Å². The fraction of sp³-hybridized carbons (Fsp3) is 0.727. The van der Waals surface area contributed by atoms with Gasteiger partial charge in [0.05, 0.1) is 6.61 Å². The molecule has 1 aromatic carbocycles. The van der Waals surface area contributed by atoms with Gasteiger partial charge in [0.1, 0.15) is 11.4 Å². The molecule has 0 amide bonds. The third-order valence-electron chi connectivity index (χ3n) is 6.73. The van der Waals surface area contributed by atoms with Gasteiger partial charge in [-0.25, -0.2) is 0 Å². The number of hydrogen-bond acceptors (Lipinski definition) is 4. The fourth-order valence-corrected chi connectivity index (χ4v) is 4.74. The van der Waals surface area contributed by atoms with Crippen molar-refractivity contribution in [3.05, 3.63) is 29.3 Å². The zero-order chi connectivity index (χ0) is 18.0. The van der Waals surface area contributed by atoms with E-state index < -0.39 is 0 Å². The molecular formula is C22H34N2O2. The molecule has 0 N–H and O–H groups in total. The summed E-state index contributed by atoms with van der Waals surface area (Å²) >= 11 is 0. The van der Waals surface area contributed by atoms with E-state index in [1.54, 1.807) is 7.11 Å². The Morgan fingerprint density at radius 1 is 1.27 bits per heavy atom. The van der Waals surface area contributed by atoms with Crippen LogP contribution >= 0.6 is 0 Å². The maximum absolute atomic E-state index is 6.51. The second-order valence-corrected chi connectivity index (χ2v) is 8.39. The number of rotatable bonds is 7. The number of likely N-dealkylation sites (tertiary alicyclic amines) is 1. The maximum atomic E-state index is 6.51. The second-order valence-electron chi connectivity index (χ2n) is 8.39. The van der Waals surface area contributed by atoms with Gasteiger partial charge in [0.25, 0.3) is 0 Å². The summed E-state index contributed by atoms with van der Waals surface area (Å²) in [6, 6.07) is 7.71. The van der Waals surface area contributed by atoms with E-state index in [0.29, 0.717) is 0 Å². The summed E-state index contributed by atoms with van der Waals surface area (Å²) in [6.45, 7) is 8.48. The SMILES string of the molecule is CCN(CCOC)Cc1ccc2c(c1)CC1(CCN(C3CCC3)CC1)O2. The molecular weight excluding hydrogens is 324 g/mol. The Hall–Kier alpha value is -1.10.